The van der Waals surface area contributed by atoms with Crippen molar-refractivity contribution in [3.8, 4) is 11.3 Å². The maximum absolute atomic E-state index is 14.8. The lowest BCUT2D eigenvalue weighted by molar-refractivity contribution is -0.140. The number of carbonyl (C=O) groups is 3. The van der Waals surface area contributed by atoms with Gasteiger partial charge < -0.3 is 26.2 Å². The van der Waals surface area contributed by atoms with Crippen molar-refractivity contribution in [1.82, 2.24) is 15.3 Å². The number of aromatic nitrogens is 2. The number of carbonyl (C=O) groups excluding carboxylic acids is 3. The van der Waals surface area contributed by atoms with Crippen molar-refractivity contribution in [3.05, 3.63) is 65.1 Å². The smallest absolute Gasteiger partial charge is 0.411 e. The third-order valence-corrected chi connectivity index (χ3v) is 6.91. The van der Waals surface area contributed by atoms with Gasteiger partial charge in [0, 0.05) is 34.3 Å². The summed E-state index contributed by atoms with van der Waals surface area (Å²) in [5.74, 6) is 5.84. The van der Waals surface area contributed by atoms with E-state index in [0.717, 1.165) is 5.01 Å². The molecule has 2 heterocycles. The van der Waals surface area contributed by atoms with E-state index in [1.807, 2.05) is 0 Å². The number of imidazole rings is 1. The molecular formula is C28H30ClF2N9O4. The highest BCUT2D eigenvalue weighted by Crippen LogP contribution is 2.34. The first kappa shape index (κ1) is 31.9. The van der Waals surface area contributed by atoms with E-state index in [-0.39, 0.29) is 30.6 Å². The zero-order chi connectivity index (χ0) is 31.9. The number of amides is 3. The average Bonchev–Trinajstić information content (AvgIpc) is 3.47. The number of hydrogen-bond acceptors (Lipinski definition) is 8. The van der Waals surface area contributed by atoms with Crippen LogP contribution >= 0.6 is 11.6 Å². The van der Waals surface area contributed by atoms with Crippen molar-refractivity contribution >= 4 is 59.0 Å². The highest BCUT2D eigenvalue weighted by Gasteiger charge is 2.38. The molecule has 1 aliphatic heterocycles. The number of anilines is 3. The van der Waals surface area contributed by atoms with Gasteiger partial charge in [-0.15, -0.1) is 0 Å². The van der Waals surface area contributed by atoms with Gasteiger partial charge in [-0.3, -0.25) is 19.9 Å². The lowest BCUT2D eigenvalue weighted by atomic mass is 10.0. The molecule has 8 N–H and O–H groups in total. The molecule has 0 fully saturated rings. The summed E-state index contributed by atoms with van der Waals surface area (Å²) in [6.45, 7) is 0. The van der Waals surface area contributed by atoms with Crippen LogP contribution in [0.25, 0.3) is 17.3 Å². The van der Waals surface area contributed by atoms with Gasteiger partial charge in [-0.2, -0.15) is 13.9 Å². The van der Waals surface area contributed by atoms with Gasteiger partial charge in [-0.1, -0.05) is 18.0 Å². The Kier molecular flexibility index (Phi) is 10.1. The van der Waals surface area contributed by atoms with Crippen LogP contribution in [0.1, 0.15) is 43.1 Å². The summed E-state index contributed by atoms with van der Waals surface area (Å²) in [5.41, 5.74) is 1.89. The van der Waals surface area contributed by atoms with Gasteiger partial charge in [0.1, 0.15) is 12.2 Å². The number of hydrazine groups is 1. The van der Waals surface area contributed by atoms with Crippen LogP contribution in [-0.4, -0.2) is 47.2 Å². The van der Waals surface area contributed by atoms with Crippen molar-refractivity contribution in [2.24, 2.45) is 16.8 Å². The second-order valence-corrected chi connectivity index (χ2v) is 10.2. The molecule has 2 bridgehead atoms. The SMILES string of the molecule is COC(=O)Nc1ccc2c(c1)NC(=O)C(F)(F)CCCC[C@H](NC(=O)/C=C/c1cc(Cl)ccc1N(N)/C=N\N)c1ncc-2[nH]1. The third kappa shape index (κ3) is 7.87. The van der Waals surface area contributed by atoms with Crippen LogP contribution in [0.15, 0.2) is 53.8 Å². The second-order valence-electron chi connectivity index (χ2n) is 9.73. The standard InChI is InChI=1S/C28H30ClF2N9O4/c1-44-27(43)36-18-7-8-19-21(13-18)39-26(42)28(30,31)11-3-2-4-20(25-34-14-22(19)38-25)37-24(41)10-5-16-12-17(29)6-9-23(16)40(33)15-35-32/h5-10,12-15,20H,2-4,11,32-33H2,1H3,(H,34,38)(H,36,43)(H,37,41)(H,39,42)/b10-5+,35-15-/t20-/m0/s1. The summed E-state index contributed by atoms with van der Waals surface area (Å²) in [7, 11) is 1.17. The van der Waals surface area contributed by atoms with E-state index < -0.39 is 36.3 Å². The molecule has 2 aromatic carbocycles. The van der Waals surface area contributed by atoms with Gasteiger partial charge in [0.2, 0.25) is 5.91 Å². The Bertz CT molecular complexity index is 1590. The maximum Gasteiger partial charge on any atom is 0.411 e. The van der Waals surface area contributed by atoms with Gasteiger partial charge in [0.25, 0.3) is 5.91 Å². The molecule has 3 aromatic rings. The fourth-order valence-electron chi connectivity index (χ4n) is 4.49. The Morgan fingerprint density at radius 1 is 1.25 bits per heavy atom. The zero-order valence-corrected chi connectivity index (χ0v) is 24.2. The number of fused-ring (bicyclic) bond motifs is 4. The number of methoxy groups -OCH3 is 1. The summed E-state index contributed by atoms with van der Waals surface area (Å²) >= 11 is 6.13. The molecule has 4 rings (SSSR count). The lowest BCUT2D eigenvalue weighted by Gasteiger charge is -2.18. The van der Waals surface area contributed by atoms with E-state index >= 15 is 0 Å². The Labute approximate surface area is 255 Å². The van der Waals surface area contributed by atoms with E-state index in [1.54, 1.807) is 18.2 Å². The minimum Gasteiger partial charge on any atom is -0.453 e. The number of benzene rings is 2. The fourth-order valence-corrected chi connectivity index (χ4v) is 4.67. The van der Waals surface area contributed by atoms with Gasteiger partial charge in [-0.05, 0) is 55.3 Å². The van der Waals surface area contributed by atoms with Gasteiger partial charge in [-0.25, -0.2) is 15.6 Å². The number of nitrogens with zero attached hydrogens (tertiary/aromatic N) is 3. The van der Waals surface area contributed by atoms with E-state index in [9.17, 15) is 23.2 Å². The Balaban J connectivity index is 1.63. The molecular weight excluding hydrogens is 600 g/mol. The summed E-state index contributed by atoms with van der Waals surface area (Å²) in [4.78, 5) is 44.8. The molecule has 0 radical (unpaired) electrons. The monoisotopic (exact) mass is 629 g/mol. The van der Waals surface area contributed by atoms with Crippen molar-refractivity contribution in [2.45, 2.75) is 37.6 Å². The number of alkyl halides is 2. The first-order valence-corrected chi connectivity index (χ1v) is 13.7. The number of rotatable bonds is 6. The molecule has 232 valence electrons. The first-order valence-electron chi connectivity index (χ1n) is 13.3. The molecule has 3 amide bonds. The molecule has 1 aromatic heterocycles. The summed E-state index contributed by atoms with van der Waals surface area (Å²) in [6.07, 6.45) is 4.43. The molecule has 0 saturated carbocycles. The van der Waals surface area contributed by atoms with Crippen LogP contribution in [0.5, 0.6) is 0 Å². The molecule has 16 heteroatoms. The molecule has 0 unspecified atom stereocenters. The number of aromatic amines is 1. The predicted octanol–water partition coefficient (Wildman–Crippen LogP) is 4.51. The van der Waals surface area contributed by atoms with Gasteiger partial charge >= 0.3 is 12.0 Å². The summed E-state index contributed by atoms with van der Waals surface area (Å²) in [6, 6.07) is 8.51. The molecule has 13 nitrogen and oxygen atoms in total. The van der Waals surface area contributed by atoms with E-state index in [0.29, 0.717) is 33.4 Å². The maximum atomic E-state index is 14.8. The number of hydrazone groups is 1. The number of nitrogens with two attached hydrogens (primary N) is 2. The first-order chi connectivity index (χ1) is 21.0. The van der Waals surface area contributed by atoms with E-state index in [4.69, 9.17) is 23.3 Å². The summed E-state index contributed by atoms with van der Waals surface area (Å²) < 4.78 is 34.2. The summed E-state index contributed by atoms with van der Waals surface area (Å²) in [5, 5.41) is 12.5. The van der Waals surface area contributed by atoms with Crippen molar-refractivity contribution in [3.63, 3.8) is 0 Å². The topological polar surface area (TPSA) is 193 Å². The fraction of sp³-hybridized carbons (Fsp3) is 0.250. The lowest BCUT2D eigenvalue weighted by Crippen LogP contribution is -2.34. The van der Waals surface area contributed by atoms with Crippen molar-refractivity contribution < 1.29 is 27.9 Å². The average molecular weight is 630 g/mol. The zero-order valence-electron chi connectivity index (χ0n) is 23.4. The minimum atomic E-state index is -3.67. The Hall–Kier alpha value is -5.02. The number of nitrogens with one attached hydrogen (secondary N) is 4. The van der Waals surface area contributed by atoms with Crippen LogP contribution in [0.3, 0.4) is 0 Å². The minimum absolute atomic E-state index is 0.00606. The van der Waals surface area contributed by atoms with Crippen LogP contribution in [-0.2, 0) is 14.3 Å². The van der Waals surface area contributed by atoms with Crippen molar-refractivity contribution in [1.29, 1.82) is 0 Å². The molecule has 0 saturated heterocycles. The van der Waals surface area contributed by atoms with Gasteiger partial charge in [0.05, 0.1) is 36.4 Å². The second kappa shape index (κ2) is 14.0. The number of hydrogen-bond donors (Lipinski definition) is 6. The number of H-pyrrole nitrogens is 1. The van der Waals surface area contributed by atoms with Crippen molar-refractivity contribution in [2.75, 3.05) is 22.8 Å². The highest BCUT2D eigenvalue weighted by atomic mass is 35.5. The highest BCUT2D eigenvalue weighted by molar-refractivity contribution is 6.30. The quantitative estimate of drug-likeness (QED) is 0.0753. The van der Waals surface area contributed by atoms with E-state index in [1.165, 1.54) is 50.0 Å². The normalized spacial score (nSPS) is 16.7. The molecule has 0 aliphatic carbocycles. The molecule has 0 spiro atoms. The van der Waals surface area contributed by atoms with Crippen LogP contribution in [0.4, 0.5) is 30.6 Å². The number of halogens is 3. The molecule has 44 heavy (non-hydrogen) atoms. The third-order valence-electron chi connectivity index (χ3n) is 6.67. The van der Waals surface area contributed by atoms with Crippen LogP contribution in [0, 0.1) is 0 Å². The molecule has 1 atom stereocenters. The van der Waals surface area contributed by atoms with Crippen LogP contribution in [0.2, 0.25) is 5.02 Å². The van der Waals surface area contributed by atoms with Gasteiger partial charge in [0.15, 0.2) is 0 Å². The predicted molar refractivity (Wildman–Crippen MR) is 163 cm³/mol. The largest absolute Gasteiger partial charge is 0.453 e. The van der Waals surface area contributed by atoms with Crippen LogP contribution < -0.4 is 32.6 Å². The Morgan fingerprint density at radius 3 is 2.80 bits per heavy atom. The number of ether oxygens (including phenoxy) is 1. The Morgan fingerprint density at radius 2 is 2.05 bits per heavy atom. The molecule has 1 aliphatic rings. The van der Waals surface area contributed by atoms with E-state index in [2.05, 4.69) is 35.8 Å².